The van der Waals surface area contributed by atoms with Crippen molar-refractivity contribution in [3.63, 3.8) is 0 Å². The van der Waals surface area contributed by atoms with Gasteiger partial charge in [-0.1, -0.05) is 0 Å². The summed E-state index contributed by atoms with van der Waals surface area (Å²) in [5.41, 5.74) is 4.73. The number of carbonyl (C=O) groups is 1. The maximum absolute atomic E-state index is 13.8. The third kappa shape index (κ3) is 7.54. The van der Waals surface area contributed by atoms with Crippen LogP contribution in [-0.2, 0) is 11.3 Å². The Balaban J connectivity index is 1.97. The molecule has 1 aromatic heterocycles. The summed E-state index contributed by atoms with van der Waals surface area (Å²) in [6.07, 6.45) is 3.88. The van der Waals surface area contributed by atoms with Gasteiger partial charge in [0.05, 0.1) is 17.8 Å². The molecule has 1 amide bonds. The molecule has 0 saturated carbocycles. The molecule has 1 aromatic carbocycles. The van der Waals surface area contributed by atoms with E-state index < -0.39 is 23.0 Å². The van der Waals surface area contributed by atoms with Gasteiger partial charge in [-0.05, 0) is 19.9 Å². The lowest BCUT2D eigenvalue weighted by Crippen LogP contribution is -2.47. The zero-order chi connectivity index (χ0) is 23.7. The van der Waals surface area contributed by atoms with Gasteiger partial charge in [0.2, 0.25) is 11.9 Å². The second-order valence-electron chi connectivity index (χ2n) is 7.27. The lowest BCUT2D eigenvalue weighted by Gasteiger charge is -2.22. The van der Waals surface area contributed by atoms with E-state index in [0.717, 1.165) is 0 Å². The molecule has 32 heavy (non-hydrogen) atoms. The molecule has 0 spiro atoms. The minimum Gasteiger partial charge on any atom is -0.403 e. The summed E-state index contributed by atoms with van der Waals surface area (Å²) in [5.74, 6) is -3.08. The Morgan fingerprint density at radius 3 is 2.59 bits per heavy atom. The second-order valence-corrected chi connectivity index (χ2v) is 7.27. The summed E-state index contributed by atoms with van der Waals surface area (Å²) in [6, 6.07) is 2.66. The third-order valence-electron chi connectivity index (χ3n) is 3.98. The molecule has 0 aliphatic carbocycles. The van der Waals surface area contributed by atoms with Crippen LogP contribution in [-0.4, -0.2) is 45.9 Å². The van der Waals surface area contributed by atoms with E-state index in [2.05, 4.69) is 30.9 Å². The highest BCUT2D eigenvalue weighted by Gasteiger charge is 2.18. The molecule has 0 aliphatic heterocycles. The van der Waals surface area contributed by atoms with Crippen molar-refractivity contribution < 1.29 is 23.1 Å². The smallest absolute Gasteiger partial charge is 0.242 e. The number of anilines is 2. The van der Waals surface area contributed by atoms with Gasteiger partial charge in [-0.3, -0.25) is 9.79 Å². The highest BCUT2D eigenvalue weighted by Crippen LogP contribution is 2.16. The van der Waals surface area contributed by atoms with Crippen LogP contribution in [0.15, 0.2) is 41.3 Å². The summed E-state index contributed by atoms with van der Waals surface area (Å²) in [5, 5.41) is 17.3. The lowest BCUT2D eigenvalue weighted by molar-refractivity contribution is -0.121. The summed E-state index contributed by atoms with van der Waals surface area (Å²) in [6.45, 7) is 2.64. The molecular weight excluding hydrogens is 427 g/mol. The highest BCUT2D eigenvalue weighted by atomic mass is 19.1. The molecule has 0 radical (unpaired) electrons. The van der Waals surface area contributed by atoms with Crippen molar-refractivity contribution in [1.29, 1.82) is 0 Å². The number of rotatable bonds is 10. The molecule has 0 unspecified atom stereocenters. The number of allylic oxidation sites excluding steroid dienone is 1. The maximum atomic E-state index is 13.8. The zero-order valence-electron chi connectivity index (χ0n) is 17.5. The maximum Gasteiger partial charge on any atom is 0.242 e. The highest BCUT2D eigenvalue weighted by molar-refractivity contribution is 5.85. The van der Waals surface area contributed by atoms with Crippen LogP contribution in [0.25, 0.3) is 0 Å². The van der Waals surface area contributed by atoms with E-state index in [-0.39, 0.29) is 48.6 Å². The predicted molar refractivity (Wildman–Crippen MR) is 114 cm³/mol. The fourth-order valence-electron chi connectivity index (χ4n) is 2.37. The zero-order valence-corrected chi connectivity index (χ0v) is 17.5. The van der Waals surface area contributed by atoms with Crippen molar-refractivity contribution >= 4 is 23.9 Å². The Morgan fingerprint density at radius 1 is 1.28 bits per heavy atom. The lowest BCUT2D eigenvalue weighted by atomic mass is 10.1. The first kappa shape index (κ1) is 24.6. The minimum absolute atomic E-state index is 0.101. The Kier molecular flexibility index (Phi) is 8.53. The molecule has 0 fully saturated rings. The Hall–Kier alpha value is -3.67. The molecule has 6 N–H and O–H groups in total. The van der Waals surface area contributed by atoms with Gasteiger partial charge in [0.15, 0.2) is 0 Å². The van der Waals surface area contributed by atoms with Gasteiger partial charge < -0.3 is 26.8 Å². The Bertz CT molecular complexity index is 989. The van der Waals surface area contributed by atoms with Gasteiger partial charge >= 0.3 is 0 Å². The van der Waals surface area contributed by atoms with Crippen molar-refractivity contribution in [2.24, 2.45) is 10.7 Å². The van der Waals surface area contributed by atoms with E-state index in [0.29, 0.717) is 12.1 Å². The number of nitrogens with zero attached hydrogens (tertiary/aromatic N) is 3. The van der Waals surface area contributed by atoms with Gasteiger partial charge in [-0.15, -0.1) is 0 Å². The largest absolute Gasteiger partial charge is 0.403 e. The van der Waals surface area contributed by atoms with Crippen LogP contribution in [0.4, 0.5) is 24.9 Å². The van der Waals surface area contributed by atoms with Crippen LogP contribution in [0.2, 0.25) is 0 Å². The van der Waals surface area contributed by atoms with E-state index in [1.54, 1.807) is 13.8 Å². The van der Waals surface area contributed by atoms with Crippen molar-refractivity contribution in [1.82, 2.24) is 15.3 Å². The summed E-state index contributed by atoms with van der Waals surface area (Å²) in [4.78, 5) is 23.9. The van der Waals surface area contributed by atoms with E-state index in [1.807, 2.05) is 0 Å². The van der Waals surface area contributed by atoms with Crippen LogP contribution in [0, 0.1) is 17.5 Å². The van der Waals surface area contributed by atoms with Crippen LogP contribution in [0.1, 0.15) is 19.4 Å². The molecule has 9 nitrogen and oxygen atoms in total. The number of aliphatic hydroxyl groups is 1. The number of nitrogens with one attached hydrogen (secondary N) is 3. The number of aliphatic hydroxyl groups excluding tert-OH is 1. The summed E-state index contributed by atoms with van der Waals surface area (Å²) < 4.78 is 40.5. The van der Waals surface area contributed by atoms with Gasteiger partial charge in [-0.2, -0.15) is 4.98 Å². The molecule has 0 bridgehead atoms. The van der Waals surface area contributed by atoms with Crippen LogP contribution in [0.5, 0.6) is 0 Å². The summed E-state index contributed by atoms with van der Waals surface area (Å²) in [7, 11) is 0. The van der Waals surface area contributed by atoms with Crippen LogP contribution < -0.4 is 21.7 Å². The predicted octanol–water partition coefficient (Wildman–Crippen LogP) is 1.68. The molecule has 172 valence electrons. The van der Waals surface area contributed by atoms with Gasteiger partial charge in [-0.25, -0.2) is 18.2 Å². The number of aliphatic imine (C=N–C) groups is 1. The molecule has 2 aromatic rings. The van der Waals surface area contributed by atoms with Crippen molar-refractivity contribution in [2.75, 3.05) is 23.8 Å². The van der Waals surface area contributed by atoms with E-state index in [1.165, 1.54) is 24.7 Å². The Labute approximate surface area is 182 Å². The first-order valence-corrected chi connectivity index (χ1v) is 9.44. The van der Waals surface area contributed by atoms with E-state index >= 15 is 0 Å². The molecule has 0 saturated heterocycles. The fraction of sp³-hybridized carbons (Fsp3) is 0.300. The standard InChI is InChI=1S/C20H24F3N7O2/c1-20(2,11-31)30-18(32)10-25-8-13(7-24)28-19-26-4-3-17(29-19)27-9-14-15(22)5-12(21)6-16(14)23/h3-8,31H,9-11,24H2,1-2H3,(H,30,32)(H2,26,27,28,29). The number of amides is 1. The third-order valence-corrected chi connectivity index (χ3v) is 3.98. The van der Waals surface area contributed by atoms with E-state index in [4.69, 9.17) is 10.8 Å². The molecular formula is C20H24F3N7O2. The molecule has 1 heterocycles. The van der Waals surface area contributed by atoms with Crippen LogP contribution in [0.3, 0.4) is 0 Å². The number of nitrogens with two attached hydrogens (primary N) is 1. The minimum atomic E-state index is -1.02. The number of carbonyl (C=O) groups excluding carboxylic acids is 1. The number of halogens is 3. The van der Waals surface area contributed by atoms with Gasteiger partial charge in [0.25, 0.3) is 0 Å². The van der Waals surface area contributed by atoms with Gasteiger partial charge in [0, 0.05) is 42.9 Å². The Morgan fingerprint density at radius 2 is 1.97 bits per heavy atom. The van der Waals surface area contributed by atoms with E-state index in [9.17, 15) is 18.0 Å². The van der Waals surface area contributed by atoms with Crippen molar-refractivity contribution in [3.8, 4) is 0 Å². The number of hydrogen-bond donors (Lipinski definition) is 5. The molecule has 0 aliphatic rings. The first-order chi connectivity index (χ1) is 15.1. The number of aromatic nitrogens is 2. The SMILES string of the molecule is CC(C)(CO)NC(=O)CN=CC(=CN)Nc1nccc(NCc2c(F)cc(F)cc2F)n1. The molecule has 0 atom stereocenters. The fourth-order valence-corrected chi connectivity index (χ4v) is 2.37. The quantitative estimate of drug-likeness (QED) is 0.347. The average Bonchev–Trinajstić information content (AvgIpc) is 2.72. The molecule has 12 heteroatoms. The second kappa shape index (κ2) is 11.1. The normalized spacial score (nSPS) is 12.1. The topological polar surface area (TPSA) is 138 Å². The van der Waals surface area contributed by atoms with Crippen molar-refractivity contribution in [2.45, 2.75) is 25.9 Å². The van der Waals surface area contributed by atoms with Gasteiger partial charge in [0.1, 0.15) is 29.8 Å². The first-order valence-electron chi connectivity index (χ1n) is 9.44. The average molecular weight is 451 g/mol. The number of benzene rings is 1. The summed E-state index contributed by atoms with van der Waals surface area (Å²) >= 11 is 0. The number of hydrogen-bond acceptors (Lipinski definition) is 8. The monoisotopic (exact) mass is 451 g/mol. The van der Waals surface area contributed by atoms with Crippen molar-refractivity contribution in [3.05, 3.63) is 59.3 Å². The van der Waals surface area contributed by atoms with Crippen LogP contribution >= 0.6 is 0 Å². The molecule has 2 rings (SSSR count).